The van der Waals surface area contributed by atoms with Crippen molar-refractivity contribution in [1.82, 2.24) is 0 Å². The fraction of sp³-hybridized carbons (Fsp3) is 0.667. The molecule has 10 nitrogen and oxygen atoms in total. The van der Waals surface area contributed by atoms with Crippen LogP contribution in [0.2, 0.25) is 0 Å². The summed E-state index contributed by atoms with van der Waals surface area (Å²) in [7, 11) is 3.00. The molecule has 11 rings (SSSR count). The minimum Gasteiger partial charge on any atom is -0.504 e. The number of carbonyl (C=O) groups is 2. The van der Waals surface area contributed by atoms with Crippen molar-refractivity contribution in [3.05, 3.63) is 85.5 Å². The first-order chi connectivity index (χ1) is 33.4. The van der Waals surface area contributed by atoms with E-state index in [0.29, 0.717) is 78.3 Å². The van der Waals surface area contributed by atoms with Gasteiger partial charge in [0.2, 0.25) is 0 Å². The Morgan fingerprint density at radius 2 is 1.19 bits per heavy atom. The van der Waals surface area contributed by atoms with Gasteiger partial charge < -0.3 is 39.4 Å². The third kappa shape index (κ3) is 11.0. The summed E-state index contributed by atoms with van der Waals surface area (Å²) >= 11 is 0. The molecule has 0 heterocycles. The number of hydrogen-bond donors (Lipinski definition) is 4. The Hall–Kier alpha value is -4.28. The van der Waals surface area contributed by atoms with Crippen LogP contribution in [0, 0.1) is 65.1 Å². The SMILES string of the molecule is C=CC(=O)OC1(CC)C2CC3CC(C2)CC1C3.C=CCC(O)(CC=C)c1ccc(O)c(OC)c1.CCC1(OC(=O)C(C)CCC2CC(C)CC(O)(c3ccc(O)c(OC)c3)C2)C2CC3CC(C2)CC1C3. The first kappa shape index (κ1) is 53.5. The molecule has 0 saturated heterocycles. The van der Waals surface area contributed by atoms with E-state index >= 15 is 0 Å². The van der Waals surface area contributed by atoms with Gasteiger partial charge in [0.25, 0.3) is 0 Å². The zero-order valence-corrected chi connectivity index (χ0v) is 43.3. The second kappa shape index (κ2) is 22.2. The summed E-state index contributed by atoms with van der Waals surface area (Å²) in [5.74, 6) is 7.16. The standard InChI is InChI=1S/C31H46O5.C15H22O2.C14H18O3/c1-5-31(25-12-22-11-23(14-25)15-26(31)13-22)36-29(33)20(3)6-7-21-10-19(2)17-30(34,18-21)24-8-9-27(32)28(16-24)35-4;1-3-14(16)17-15(4-2)12-6-10-5-11(8-12)9-13(15)7-10;1-4-8-14(16,9-5-2)11-6-7-12(15)13(10-11)17-3/h8-9,16,19-23,25-26,32,34H,5-7,10-15,17-18H2,1-4H3;3,10-13H,1,4-9H2,2H3;4-7,10,15-16H,1-2,8-9H2,3H3. The molecule has 9 aliphatic carbocycles. The van der Waals surface area contributed by atoms with Crippen LogP contribution in [0.25, 0.3) is 0 Å². The third-order valence-electron chi connectivity index (χ3n) is 18.8. The summed E-state index contributed by atoms with van der Waals surface area (Å²) in [5, 5.41) is 41.7. The number of methoxy groups -OCH3 is 2. The Morgan fingerprint density at radius 3 is 1.64 bits per heavy atom. The number of esters is 2. The van der Waals surface area contributed by atoms with E-state index in [4.69, 9.17) is 18.9 Å². The Morgan fingerprint density at radius 1 is 0.714 bits per heavy atom. The van der Waals surface area contributed by atoms with Crippen LogP contribution >= 0.6 is 0 Å². The second-order valence-electron chi connectivity index (χ2n) is 23.2. The van der Waals surface area contributed by atoms with Crippen molar-refractivity contribution in [3.63, 3.8) is 0 Å². The van der Waals surface area contributed by atoms with Crippen molar-refractivity contribution in [3.8, 4) is 23.0 Å². The molecule has 0 amide bonds. The van der Waals surface area contributed by atoms with Gasteiger partial charge in [0.1, 0.15) is 11.2 Å². The normalized spacial score (nSPS) is 34.7. The maximum Gasteiger partial charge on any atom is 0.330 e. The number of aliphatic hydroxyl groups is 2. The van der Waals surface area contributed by atoms with Gasteiger partial charge in [-0.2, -0.15) is 0 Å². The lowest BCUT2D eigenvalue weighted by atomic mass is 9.49. The lowest BCUT2D eigenvalue weighted by molar-refractivity contribution is -0.214. The summed E-state index contributed by atoms with van der Waals surface area (Å²) in [6, 6.07) is 9.98. The largest absolute Gasteiger partial charge is 0.504 e. The molecule has 4 unspecified atom stereocenters. The van der Waals surface area contributed by atoms with E-state index in [9.17, 15) is 30.0 Å². The van der Waals surface area contributed by atoms with E-state index in [1.807, 2.05) is 13.0 Å². The van der Waals surface area contributed by atoms with E-state index in [-0.39, 0.29) is 40.6 Å². The molecule has 10 heteroatoms. The molecule has 8 bridgehead atoms. The van der Waals surface area contributed by atoms with Crippen LogP contribution in [-0.4, -0.2) is 57.8 Å². The number of phenolic OH excluding ortho intramolecular Hbond substituents is 2. The van der Waals surface area contributed by atoms with Crippen LogP contribution in [0.1, 0.15) is 161 Å². The summed E-state index contributed by atoms with van der Waals surface area (Å²) in [6.07, 6.45) is 24.5. The van der Waals surface area contributed by atoms with Crippen LogP contribution in [0.15, 0.2) is 74.4 Å². The van der Waals surface area contributed by atoms with Crippen molar-refractivity contribution in [2.45, 2.75) is 172 Å². The van der Waals surface area contributed by atoms with Gasteiger partial charge in [-0.05, 0) is 217 Å². The van der Waals surface area contributed by atoms with Crippen molar-refractivity contribution < 1.29 is 49.0 Å². The molecule has 2 aromatic carbocycles. The van der Waals surface area contributed by atoms with Gasteiger partial charge in [0.05, 0.1) is 31.3 Å². The van der Waals surface area contributed by atoms with Gasteiger partial charge in [0.15, 0.2) is 23.0 Å². The molecule has 386 valence electrons. The lowest BCUT2D eigenvalue weighted by Crippen LogP contribution is -2.59. The van der Waals surface area contributed by atoms with E-state index in [1.165, 1.54) is 90.6 Å². The molecule has 0 radical (unpaired) electrons. The van der Waals surface area contributed by atoms with Gasteiger partial charge in [0, 0.05) is 6.08 Å². The van der Waals surface area contributed by atoms with Crippen molar-refractivity contribution >= 4 is 11.9 Å². The number of aromatic hydroxyl groups is 2. The van der Waals surface area contributed by atoms with Gasteiger partial charge in [-0.15, -0.1) is 13.2 Å². The Balaban J connectivity index is 0.000000176. The van der Waals surface area contributed by atoms with E-state index in [0.717, 1.165) is 61.3 Å². The third-order valence-corrected chi connectivity index (χ3v) is 18.8. The van der Waals surface area contributed by atoms with Crippen molar-refractivity contribution in [1.29, 1.82) is 0 Å². The maximum atomic E-state index is 13.4. The molecule has 0 aliphatic heterocycles. The molecular formula is C60H86O10. The zero-order chi connectivity index (χ0) is 50.6. The smallest absolute Gasteiger partial charge is 0.330 e. The van der Waals surface area contributed by atoms with Crippen LogP contribution in [-0.2, 0) is 30.3 Å². The quantitative estimate of drug-likeness (QED) is 0.0685. The van der Waals surface area contributed by atoms with Crippen LogP contribution in [0.5, 0.6) is 23.0 Å². The summed E-state index contributed by atoms with van der Waals surface area (Å²) in [5.41, 5.74) is -0.904. The lowest BCUT2D eigenvalue weighted by Gasteiger charge is -2.60. The van der Waals surface area contributed by atoms with Gasteiger partial charge in [-0.1, -0.05) is 58.6 Å². The average molecular weight is 967 g/mol. The van der Waals surface area contributed by atoms with Gasteiger partial charge >= 0.3 is 11.9 Å². The fourth-order valence-electron chi connectivity index (χ4n) is 15.8. The summed E-state index contributed by atoms with van der Waals surface area (Å²) in [6.45, 7) is 19.4. The highest BCUT2D eigenvalue weighted by Crippen LogP contribution is 2.62. The Bertz CT molecular complexity index is 2090. The van der Waals surface area contributed by atoms with E-state index < -0.39 is 11.2 Å². The highest BCUT2D eigenvalue weighted by molar-refractivity contribution is 5.81. The molecule has 9 fully saturated rings. The zero-order valence-electron chi connectivity index (χ0n) is 43.3. The second-order valence-corrected chi connectivity index (χ2v) is 23.2. The summed E-state index contributed by atoms with van der Waals surface area (Å²) in [4.78, 5) is 25.0. The number of ether oxygens (including phenoxy) is 4. The molecule has 0 aromatic heterocycles. The number of hydrogen-bond acceptors (Lipinski definition) is 10. The maximum absolute atomic E-state index is 13.4. The fourth-order valence-corrected chi connectivity index (χ4v) is 15.8. The molecular weight excluding hydrogens is 881 g/mol. The average Bonchev–Trinajstić information content (AvgIpc) is 3.33. The number of benzene rings is 2. The molecule has 0 spiro atoms. The predicted molar refractivity (Wildman–Crippen MR) is 274 cm³/mol. The molecule has 70 heavy (non-hydrogen) atoms. The highest BCUT2D eigenvalue weighted by Gasteiger charge is 2.60. The first-order valence-electron chi connectivity index (χ1n) is 26.9. The first-order valence-corrected chi connectivity index (χ1v) is 26.9. The van der Waals surface area contributed by atoms with Crippen molar-refractivity contribution in [2.75, 3.05) is 14.2 Å². The minimum absolute atomic E-state index is 0.00767. The number of rotatable bonds is 17. The van der Waals surface area contributed by atoms with Gasteiger partial charge in [-0.25, -0.2) is 4.79 Å². The Labute approximate surface area is 419 Å². The topological polar surface area (TPSA) is 152 Å². The van der Waals surface area contributed by atoms with E-state index in [2.05, 4.69) is 40.5 Å². The number of carbonyl (C=O) groups excluding carboxylic acids is 2. The van der Waals surface area contributed by atoms with Gasteiger partial charge in [-0.3, -0.25) is 4.79 Å². The minimum atomic E-state index is -1.05. The highest BCUT2D eigenvalue weighted by atomic mass is 16.6. The molecule has 9 aliphatic rings. The molecule has 2 aromatic rings. The van der Waals surface area contributed by atoms with Crippen LogP contribution < -0.4 is 9.47 Å². The van der Waals surface area contributed by atoms with Crippen LogP contribution in [0.3, 0.4) is 0 Å². The molecule has 4 atom stereocenters. The number of phenols is 2. The van der Waals surface area contributed by atoms with Crippen LogP contribution in [0.4, 0.5) is 0 Å². The summed E-state index contributed by atoms with van der Waals surface area (Å²) < 4.78 is 22.7. The van der Waals surface area contributed by atoms with E-state index in [1.54, 1.807) is 36.4 Å². The van der Waals surface area contributed by atoms with Crippen molar-refractivity contribution in [2.24, 2.45) is 65.1 Å². The molecule has 4 N–H and O–H groups in total. The Kier molecular flexibility index (Phi) is 17.0. The monoisotopic (exact) mass is 967 g/mol. The molecule has 9 saturated carbocycles. The predicted octanol–water partition coefficient (Wildman–Crippen LogP) is 12.7.